The van der Waals surface area contributed by atoms with Gasteiger partial charge in [-0.2, -0.15) is 5.26 Å². The maximum absolute atomic E-state index is 12.9. The van der Waals surface area contributed by atoms with Crippen molar-refractivity contribution in [2.24, 2.45) is 5.92 Å². The summed E-state index contributed by atoms with van der Waals surface area (Å²) in [4.78, 5) is 17.0. The average Bonchev–Trinajstić information content (AvgIpc) is 3.15. The molecular weight excluding hydrogens is 352 g/mol. The normalized spacial score (nSPS) is 19.8. The first kappa shape index (κ1) is 16.9. The number of fused-ring (bicyclic) bond motifs is 1. The summed E-state index contributed by atoms with van der Waals surface area (Å²) in [5.41, 5.74) is 1.47. The number of rotatable bonds is 2. The molecule has 0 saturated carbocycles. The van der Waals surface area contributed by atoms with Gasteiger partial charge in [0.05, 0.1) is 28.3 Å². The third-order valence-electron chi connectivity index (χ3n) is 5.19. The van der Waals surface area contributed by atoms with Crippen molar-refractivity contribution in [2.45, 2.75) is 19.4 Å². The number of hydrogen-bond acceptors (Lipinski definition) is 5. The Morgan fingerprint density at radius 1 is 1.27 bits per heavy atom. The first-order valence-corrected chi connectivity index (χ1v) is 9.13. The first-order chi connectivity index (χ1) is 12.7. The zero-order chi connectivity index (χ0) is 18.1. The Hall–Kier alpha value is -2.59. The quantitative estimate of drug-likeness (QED) is 0.804. The van der Waals surface area contributed by atoms with Crippen molar-refractivity contribution in [3.63, 3.8) is 0 Å². The number of nitriles is 1. The molecule has 3 heterocycles. The molecule has 2 aliphatic rings. The lowest BCUT2D eigenvalue weighted by Gasteiger charge is -2.38. The molecule has 1 saturated heterocycles. The molecule has 0 spiro atoms. The molecular formula is C18H19ClN6O. The monoisotopic (exact) mass is 370 g/mol. The molecule has 1 fully saturated rings. The van der Waals surface area contributed by atoms with Crippen molar-refractivity contribution in [3.05, 3.63) is 40.9 Å². The Labute approximate surface area is 156 Å². The number of piperazine rings is 1. The lowest BCUT2D eigenvalue weighted by Crippen LogP contribution is -2.51. The van der Waals surface area contributed by atoms with Crippen LogP contribution in [0.25, 0.3) is 0 Å². The van der Waals surface area contributed by atoms with Crippen LogP contribution < -0.4 is 4.90 Å². The SMILES string of the molecule is N#Cc1ccc(N2CCN(C(=O)C3CCc4nncn4C3)CC2)c(Cl)c1. The highest BCUT2D eigenvalue weighted by molar-refractivity contribution is 6.33. The highest BCUT2D eigenvalue weighted by Crippen LogP contribution is 2.28. The van der Waals surface area contributed by atoms with Gasteiger partial charge in [-0.1, -0.05) is 11.6 Å². The van der Waals surface area contributed by atoms with Gasteiger partial charge in [0.25, 0.3) is 0 Å². The molecule has 1 amide bonds. The van der Waals surface area contributed by atoms with Crippen LogP contribution in [0.4, 0.5) is 5.69 Å². The number of hydrogen-bond donors (Lipinski definition) is 0. The number of carbonyl (C=O) groups excluding carboxylic acids is 1. The van der Waals surface area contributed by atoms with E-state index in [0.29, 0.717) is 30.2 Å². The number of carbonyl (C=O) groups is 1. The predicted molar refractivity (Wildman–Crippen MR) is 96.8 cm³/mol. The molecule has 7 nitrogen and oxygen atoms in total. The van der Waals surface area contributed by atoms with Crippen molar-refractivity contribution in [3.8, 4) is 6.07 Å². The fraction of sp³-hybridized carbons (Fsp3) is 0.444. The van der Waals surface area contributed by atoms with Crippen LogP contribution in [-0.4, -0.2) is 51.8 Å². The maximum Gasteiger partial charge on any atom is 0.227 e. The number of amides is 1. The lowest BCUT2D eigenvalue weighted by molar-refractivity contribution is -0.136. The Balaban J connectivity index is 1.38. The fourth-order valence-corrected chi connectivity index (χ4v) is 4.02. The van der Waals surface area contributed by atoms with Crippen LogP contribution in [0, 0.1) is 17.2 Å². The molecule has 26 heavy (non-hydrogen) atoms. The molecule has 8 heteroatoms. The van der Waals surface area contributed by atoms with E-state index in [9.17, 15) is 4.79 Å². The third kappa shape index (κ3) is 3.13. The van der Waals surface area contributed by atoms with E-state index in [4.69, 9.17) is 16.9 Å². The number of halogens is 1. The summed E-state index contributed by atoms with van der Waals surface area (Å²) in [6, 6.07) is 7.44. The van der Waals surface area contributed by atoms with Gasteiger partial charge in [-0.05, 0) is 24.6 Å². The van der Waals surface area contributed by atoms with Crippen LogP contribution in [-0.2, 0) is 17.8 Å². The second kappa shape index (κ2) is 6.96. The number of anilines is 1. The molecule has 134 valence electrons. The third-order valence-corrected chi connectivity index (χ3v) is 5.49. The fourth-order valence-electron chi connectivity index (χ4n) is 3.72. The minimum Gasteiger partial charge on any atom is -0.367 e. The minimum absolute atomic E-state index is 0.00329. The summed E-state index contributed by atoms with van der Waals surface area (Å²) in [6.45, 7) is 3.51. The highest BCUT2D eigenvalue weighted by Gasteiger charge is 2.31. The summed E-state index contributed by atoms with van der Waals surface area (Å²) < 4.78 is 1.98. The second-order valence-corrected chi connectivity index (χ2v) is 7.13. The molecule has 0 radical (unpaired) electrons. The van der Waals surface area contributed by atoms with Crippen LogP contribution in [0.15, 0.2) is 24.5 Å². The number of aromatic nitrogens is 3. The van der Waals surface area contributed by atoms with Crippen molar-refractivity contribution < 1.29 is 4.79 Å². The highest BCUT2D eigenvalue weighted by atomic mass is 35.5. The van der Waals surface area contributed by atoms with E-state index in [1.165, 1.54) is 0 Å². The van der Waals surface area contributed by atoms with Gasteiger partial charge in [-0.15, -0.1) is 10.2 Å². The molecule has 0 bridgehead atoms. The summed E-state index contributed by atoms with van der Waals surface area (Å²) in [7, 11) is 0. The van der Waals surface area contributed by atoms with Gasteiger partial charge in [-0.25, -0.2) is 0 Å². The van der Waals surface area contributed by atoms with E-state index in [1.807, 2.05) is 15.5 Å². The zero-order valence-corrected chi connectivity index (χ0v) is 15.1. The molecule has 1 atom stereocenters. The lowest BCUT2D eigenvalue weighted by atomic mass is 9.97. The summed E-state index contributed by atoms with van der Waals surface area (Å²) in [5, 5.41) is 17.5. The first-order valence-electron chi connectivity index (χ1n) is 8.76. The molecule has 2 aromatic rings. The van der Waals surface area contributed by atoms with Crippen molar-refractivity contribution >= 4 is 23.2 Å². The smallest absolute Gasteiger partial charge is 0.227 e. The predicted octanol–water partition coefficient (Wildman–Crippen LogP) is 1.71. The zero-order valence-electron chi connectivity index (χ0n) is 14.3. The van der Waals surface area contributed by atoms with E-state index in [1.54, 1.807) is 18.5 Å². The standard InChI is InChI=1S/C18H19ClN6O/c19-15-9-13(10-20)1-3-16(15)23-5-7-24(8-6-23)18(26)14-2-4-17-22-21-12-25(17)11-14/h1,3,9,12,14H,2,4-8,11H2. The largest absolute Gasteiger partial charge is 0.367 e. The summed E-state index contributed by atoms with van der Waals surface area (Å²) >= 11 is 6.31. The van der Waals surface area contributed by atoms with E-state index < -0.39 is 0 Å². The van der Waals surface area contributed by atoms with Gasteiger partial charge in [0.15, 0.2) is 0 Å². The average molecular weight is 371 g/mol. The van der Waals surface area contributed by atoms with Gasteiger partial charge < -0.3 is 14.4 Å². The van der Waals surface area contributed by atoms with Crippen LogP contribution in [0.2, 0.25) is 5.02 Å². The number of benzene rings is 1. The van der Waals surface area contributed by atoms with Crippen molar-refractivity contribution in [1.29, 1.82) is 5.26 Å². The van der Waals surface area contributed by atoms with Gasteiger partial charge in [-0.3, -0.25) is 4.79 Å². The van der Waals surface area contributed by atoms with Gasteiger partial charge >= 0.3 is 0 Å². The molecule has 4 rings (SSSR count). The van der Waals surface area contributed by atoms with Crippen LogP contribution >= 0.6 is 11.6 Å². The number of aryl methyl sites for hydroxylation is 1. The summed E-state index contributed by atoms with van der Waals surface area (Å²) in [6.07, 6.45) is 3.34. The van der Waals surface area contributed by atoms with Crippen LogP contribution in [0.5, 0.6) is 0 Å². The van der Waals surface area contributed by atoms with Crippen molar-refractivity contribution in [1.82, 2.24) is 19.7 Å². The van der Waals surface area contributed by atoms with Gasteiger partial charge in [0.1, 0.15) is 12.2 Å². The Kier molecular flexibility index (Phi) is 4.51. The van der Waals surface area contributed by atoms with Crippen molar-refractivity contribution in [2.75, 3.05) is 31.1 Å². The van der Waals surface area contributed by atoms with E-state index in [-0.39, 0.29) is 11.8 Å². The van der Waals surface area contributed by atoms with Crippen LogP contribution in [0.3, 0.4) is 0 Å². The number of nitrogens with zero attached hydrogens (tertiary/aromatic N) is 6. The van der Waals surface area contributed by atoms with Gasteiger partial charge in [0, 0.05) is 39.1 Å². The Bertz CT molecular complexity index is 865. The topological polar surface area (TPSA) is 78.1 Å². The molecule has 1 unspecified atom stereocenters. The van der Waals surface area contributed by atoms with Crippen LogP contribution in [0.1, 0.15) is 17.8 Å². The maximum atomic E-state index is 12.9. The second-order valence-electron chi connectivity index (χ2n) is 6.73. The van der Waals surface area contributed by atoms with E-state index >= 15 is 0 Å². The van der Waals surface area contributed by atoms with Gasteiger partial charge in [0.2, 0.25) is 5.91 Å². The molecule has 0 N–H and O–H groups in total. The molecule has 2 aliphatic heterocycles. The van der Waals surface area contributed by atoms with E-state index in [2.05, 4.69) is 21.2 Å². The molecule has 0 aliphatic carbocycles. The minimum atomic E-state index is 0.00329. The molecule has 1 aromatic heterocycles. The summed E-state index contributed by atoms with van der Waals surface area (Å²) in [5.74, 6) is 1.19. The Morgan fingerprint density at radius 3 is 2.81 bits per heavy atom. The Morgan fingerprint density at radius 2 is 2.08 bits per heavy atom. The molecule has 1 aromatic carbocycles. The van der Waals surface area contributed by atoms with E-state index in [0.717, 1.165) is 37.4 Å².